The number of nitrogens with zero attached hydrogens (tertiary/aromatic N) is 2. The van der Waals surface area contributed by atoms with E-state index in [2.05, 4.69) is 141 Å². The van der Waals surface area contributed by atoms with Gasteiger partial charge in [0.25, 0.3) is 0 Å². The van der Waals surface area contributed by atoms with Gasteiger partial charge in [-0.2, -0.15) is 0 Å². The number of hydrogen-bond donors (Lipinski definition) is 0. The van der Waals surface area contributed by atoms with Crippen molar-refractivity contribution in [3.8, 4) is 44.8 Å². The second-order valence-electron chi connectivity index (χ2n) is 12.6. The lowest BCUT2D eigenvalue weighted by atomic mass is 9.80. The third-order valence-electron chi connectivity index (χ3n) is 9.77. The van der Waals surface area contributed by atoms with E-state index in [0.717, 1.165) is 22.2 Å². The first kappa shape index (κ1) is 25.9. The Morgan fingerprint density at radius 2 is 1.04 bits per heavy atom. The molecule has 0 fully saturated rings. The first-order valence-electron chi connectivity index (χ1n) is 15.6. The fourth-order valence-electron chi connectivity index (χ4n) is 7.57. The Hall–Kier alpha value is -5.60. The van der Waals surface area contributed by atoms with Gasteiger partial charge in [-0.05, 0) is 101 Å². The Kier molecular flexibility index (Phi) is 5.58. The molecule has 0 saturated heterocycles. The minimum atomic E-state index is -0.0817. The van der Waals surface area contributed by atoms with E-state index in [0.29, 0.717) is 0 Å². The number of hydrogen-bond acceptors (Lipinski definition) is 2. The third-order valence-corrected chi connectivity index (χ3v) is 9.77. The van der Waals surface area contributed by atoms with Gasteiger partial charge >= 0.3 is 0 Å². The highest BCUT2D eigenvalue weighted by atomic mass is 14.9. The van der Waals surface area contributed by atoms with Crippen molar-refractivity contribution in [3.63, 3.8) is 0 Å². The van der Waals surface area contributed by atoms with Crippen LogP contribution in [0.5, 0.6) is 0 Å². The molecule has 1 heterocycles. The van der Waals surface area contributed by atoms with Crippen LogP contribution in [-0.4, -0.2) is 9.97 Å². The highest BCUT2D eigenvalue weighted by molar-refractivity contribution is 6.21. The maximum atomic E-state index is 4.74. The van der Waals surface area contributed by atoms with Crippen LogP contribution in [0.25, 0.3) is 77.1 Å². The van der Waals surface area contributed by atoms with E-state index in [-0.39, 0.29) is 5.41 Å². The van der Waals surface area contributed by atoms with Crippen molar-refractivity contribution in [1.82, 2.24) is 9.97 Å². The summed E-state index contributed by atoms with van der Waals surface area (Å²) in [6.45, 7) is 4.71. The molecule has 2 nitrogen and oxygen atoms in total. The zero-order valence-corrected chi connectivity index (χ0v) is 25.3. The van der Waals surface area contributed by atoms with E-state index in [4.69, 9.17) is 9.97 Å². The molecule has 0 N–H and O–H groups in total. The largest absolute Gasteiger partial charge is 0.237 e. The molecule has 2 heteroatoms. The number of rotatable bonds is 3. The molecule has 0 bridgehead atoms. The average molecular weight is 575 g/mol. The molecule has 1 aliphatic carbocycles. The summed E-state index contributed by atoms with van der Waals surface area (Å²) in [5.74, 6) is 0.745. The first-order chi connectivity index (χ1) is 22.1. The molecule has 0 spiro atoms. The van der Waals surface area contributed by atoms with Gasteiger partial charge in [0, 0.05) is 23.4 Å². The van der Waals surface area contributed by atoms with E-state index in [9.17, 15) is 0 Å². The lowest BCUT2D eigenvalue weighted by Crippen LogP contribution is -2.14. The predicted molar refractivity (Wildman–Crippen MR) is 188 cm³/mol. The van der Waals surface area contributed by atoms with Gasteiger partial charge in [-0.1, -0.05) is 123 Å². The van der Waals surface area contributed by atoms with Crippen molar-refractivity contribution >= 4 is 32.3 Å². The van der Waals surface area contributed by atoms with E-state index in [1.807, 2.05) is 18.5 Å². The van der Waals surface area contributed by atoms with Crippen LogP contribution in [0.1, 0.15) is 25.0 Å². The molecule has 0 amide bonds. The molecule has 0 saturated carbocycles. The van der Waals surface area contributed by atoms with Gasteiger partial charge in [-0.25, -0.2) is 9.97 Å². The molecule has 9 rings (SSSR count). The fourth-order valence-corrected chi connectivity index (χ4v) is 7.57. The van der Waals surface area contributed by atoms with Gasteiger partial charge in [0.2, 0.25) is 0 Å². The van der Waals surface area contributed by atoms with Crippen molar-refractivity contribution in [3.05, 3.63) is 157 Å². The van der Waals surface area contributed by atoms with Gasteiger partial charge in [-0.3, -0.25) is 0 Å². The minimum absolute atomic E-state index is 0.0817. The molecule has 212 valence electrons. The zero-order valence-electron chi connectivity index (χ0n) is 25.3. The summed E-state index contributed by atoms with van der Waals surface area (Å²) in [5, 5.41) is 7.22. The lowest BCUT2D eigenvalue weighted by Gasteiger charge is -2.23. The molecule has 0 aliphatic heterocycles. The monoisotopic (exact) mass is 574 g/mol. The molecular formula is C43H30N2. The minimum Gasteiger partial charge on any atom is -0.237 e. The zero-order chi connectivity index (χ0) is 30.1. The normalized spacial score (nSPS) is 13.3. The first-order valence-corrected chi connectivity index (χ1v) is 15.6. The topological polar surface area (TPSA) is 25.8 Å². The summed E-state index contributed by atoms with van der Waals surface area (Å²) >= 11 is 0. The molecule has 1 aliphatic rings. The second-order valence-corrected chi connectivity index (χ2v) is 12.6. The summed E-state index contributed by atoms with van der Waals surface area (Å²) in [6.07, 6.45) is 3.67. The Balaban J connectivity index is 1.37. The predicted octanol–water partition coefficient (Wildman–Crippen LogP) is 11.2. The Labute approximate surface area is 262 Å². The standard InChI is InChI=1S/C43H30N2/c1-43(2)38-15-8-7-12-32(38)33-20-19-31(26-39(33)43)40-34-13-5-6-14-35(34)41(42-44-22-9-23-45-42)36-21-18-30(25-37(36)40)29-17-16-27-10-3-4-11-28(27)24-29/h3-26H,1-2H3. The quantitative estimate of drug-likeness (QED) is 0.196. The summed E-state index contributed by atoms with van der Waals surface area (Å²) in [7, 11) is 0. The maximum Gasteiger partial charge on any atom is 0.160 e. The molecule has 0 atom stereocenters. The van der Waals surface area contributed by atoms with E-state index in [1.165, 1.54) is 66.1 Å². The molecule has 0 unspecified atom stereocenters. The summed E-state index contributed by atoms with van der Waals surface area (Å²) in [4.78, 5) is 9.49. The average Bonchev–Trinajstić information content (AvgIpc) is 3.32. The molecule has 45 heavy (non-hydrogen) atoms. The second kappa shape index (κ2) is 9.70. The molecular weight excluding hydrogens is 544 g/mol. The van der Waals surface area contributed by atoms with Crippen LogP contribution in [0, 0.1) is 0 Å². The fraction of sp³-hybridized carbons (Fsp3) is 0.0698. The van der Waals surface area contributed by atoms with Crippen LogP contribution in [-0.2, 0) is 5.41 Å². The maximum absolute atomic E-state index is 4.74. The Morgan fingerprint density at radius 1 is 0.422 bits per heavy atom. The van der Waals surface area contributed by atoms with E-state index < -0.39 is 0 Å². The van der Waals surface area contributed by atoms with Gasteiger partial charge in [0.05, 0.1) is 0 Å². The number of fused-ring (bicyclic) bond motifs is 6. The van der Waals surface area contributed by atoms with Crippen molar-refractivity contribution in [1.29, 1.82) is 0 Å². The Morgan fingerprint density at radius 3 is 1.89 bits per heavy atom. The lowest BCUT2D eigenvalue weighted by molar-refractivity contribution is 0.660. The molecule has 1 aromatic heterocycles. The molecule has 0 radical (unpaired) electrons. The van der Waals surface area contributed by atoms with Crippen molar-refractivity contribution in [2.24, 2.45) is 0 Å². The van der Waals surface area contributed by atoms with Crippen LogP contribution in [0.2, 0.25) is 0 Å². The smallest absolute Gasteiger partial charge is 0.160 e. The van der Waals surface area contributed by atoms with Crippen LogP contribution in [0.15, 0.2) is 146 Å². The van der Waals surface area contributed by atoms with Gasteiger partial charge < -0.3 is 0 Å². The molecule has 7 aromatic carbocycles. The number of aromatic nitrogens is 2. The van der Waals surface area contributed by atoms with Crippen LogP contribution in [0.3, 0.4) is 0 Å². The van der Waals surface area contributed by atoms with Crippen LogP contribution >= 0.6 is 0 Å². The Bertz CT molecular complexity index is 2450. The van der Waals surface area contributed by atoms with Crippen molar-refractivity contribution in [2.75, 3.05) is 0 Å². The summed E-state index contributed by atoms with van der Waals surface area (Å²) < 4.78 is 0. The highest BCUT2D eigenvalue weighted by Gasteiger charge is 2.35. The van der Waals surface area contributed by atoms with Crippen molar-refractivity contribution < 1.29 is 0 Å². The number of benzene rings is 7. The van der Waals surface area contributed by atoms with Crippen LogP contribution in [0.4, 0.5) is 0 Å². The van der Waals surface area contributed by atoms with E-state index in [1.54, 1.807) is 0 Å². The summed E-state index contributed by atoms with van der Waals surface area (Å²) in [6, 6.07) is 48.8. The third kappa shape index (κ3) is 3.89. The summed E-state index contributed by atoms with van der Waals surface area (Å²) in [5.41, 5.74) is 11.3. The van der Waals surface area contributed by atoms with Gasteiger partial charge in [0.15, 0.2) is 5.82 Å². The van der Waals surface area contributed by atoms with Gasteiger partial charge in [-0.15, -0.1) is 0 Å². The van der Waals surface area contributed by atoms with E-state index >= 15 is 0 Å². The SMILES string of the molecule is CC1(C)c2ccccc2-c2ccc(-c3c4ccccc4c(-c4ncccn4)c4ccc(-c5ccc6ccccc6c5)cc34)cc21. The van der Waals surface area contributed by atoms with Crippen molar-refractivity contribution in [2.45, 2.75) is 19.3 Å². The van der Waals surface area contributed by atoms with Crippen LogP contribution < -0.4 is 0 Å². The van der Waals surface area contributed by atoms with Gasteiger partial charge in [0.1, 0.15) is 0 Å². The highest BCUT2D eigenvalue weighted by Crippen LogP contribution is 2.51. The molecule has 8 aromatic rings.